The number of rotatable bonds is 7. The maximum Gasteiger partial charge on any atom is 0.270 e. The lowest BCUT2D eigenvalue weighted by Gasteiger charge is -2.32. The van der Waals surface area contributed by atoms with Crippen LogP contribution in [-0.2, 0) is 9.59 Å². The summed E-state index contributed by atoms with van der Waals surface area (Å²) in [5.74, 6) is 0.188. The topological polar surface area (TPSA) is 97.5 Å². The Morgan fingerprint density at radius 1 is 1.09 bits per heavy atom. The van der Waals surface area contributed by atoms with Gasteiger partial charge in [-0.25, -0.2) is 4.39 Å². The highest BCUT2D eigenvalue weighted by Crippen LogP contribution is 2.30. The van der Waals surface area contributed by atoms with Gasteiger partial charge in [-0.15, -0.1) is 0 Å². The van der Waals surface area contributed by atoms with Crippen molar-refractivity contribution in [2.75, 3.05) is 24.7 Å². The predicted molar refractivity (Wildman–Crippen MR) is 122 cm³/mol. The Morgan fingerprint density at radius 3 is 2.39 bits per heavy atom. The van der Waals surface area contributed by atoms with Gasteiger partial charge in [0, 0.05) is 32.4 Å². The van der Waals surface area contributed by atoms with E-state index in [1.807, 2.05) is 31.2 Å². The molecule has 0 aliphatic carbocycles. The number of hydrazone groups is 1. The van der Waals surface area contributed by atoms with Crippen molar-refractivity contribution in [2.45, 2.75) is 38.3 Å². The Bertz CT molecular complexity index is 1040. The zero-order valence-electron chi connectivity index (χ0n) is 18.4. The molecule has 0 aromatic heterocycles. The van der Waals surface area contributed by atoms with Crippen molar-refractivity contribution in [2.24, 2.45) is 10.8 Å². The molecular weight excluding hydrogens is 427 g/mol. The minimum Gasteiger partial charge on any atom is -0.490 e. The highest BCUT2D eigenvalue weighted by atomic mass is 19.1. The molecule has 8 nitrogen and oxygen atoms in total. The second kappa shape index (κ2) is 9.89. The quantitative estimate of drug-likeness (QED) is 0.694. The summed E-state index contributed by atoms with van der Waals surface area (Å²) in [5.41, 5.74) is 6.31. The van der Waals surface area contributed by atoms with Crippen LogP contribution in [0.25, 0.3) is 0 Å². The third-order valence-corrected chi connectivity index (χ3v) is 5.75. The number of halogens is 1. The highest BCUT2D eigenvalue weighted by molar-refractivity contribution is 6.40. The van der Waals surface area contributed by atoms with Gasteiger partial charge in [0.05, 0.1) is 12.3 Å². The van der Waals surface area contributed by atoms with Gasteiger partial charge in [-0.1, -0.05) is 12.1 Å². The van der Waals surface area contributed by atoms with Gasteiger partial charge < -0.3 is 20.1 Å². The van der Waals surface area contributed by atoms with Crippen molar-refractivity contribution in [3.05, 3.63) is 54.3 Å². The van der Waals surface area contributed by atoms with E-state index in [-0.39, 0.29) is 24.1 Å². The average molecular weight is 455 g/mol. The molecule has 2 amide bonds. The summed E-state index contributed by atoms with van der Waals surface area (Å²) in [7, 11) is 0. The predicted octanol–water partition coefficient (Wildman–Crippen LogP) is 2.71. The number of hydrogen-bond acceptors (Lipinski definition) is 6. The number of likely N-dealkylation sites (tertiary alicyclic amines) is 1. The molecule has 0 spiro atoms. The molecule has 2 aliphatic heterocycles. The summed E-state index contributed by atoms with van der Waals surface area (Å²) >= 11 is 0. The third kappa shape index (κ3) is 5.08. The van der Waals surface area contributed by atoms with Crippen LogP contribution in [0.4, 0.5) is 10.1 Å². The third-order valence-electron chi connectivity index (χ3n) is 5.75. The van der Waals surface area contributed by atoms with Crippen molar-refractivity contribution in [3.63, 3.8) is 0 Å². The Labute approximate surface area is 191 Å². The van der Waals surface area contributed by atoms with E-state index in [1.165, 1.54) is 29.3 Å². The summed E-state index contributed by atoms with van der Waals surface area (Å²) in [4.78, 5) is 26.8. The van der Waals surface area contributed by atoms with Crippen LogP contribution in [0.2, 0.25) is 0 Å². The van der Waals surface area contributed by atoms with Crippen molar-refractivity contribution >= 4 is 23.2 Å². The molecule has 0 bridgehead atoms. The van der Waals surface area contributed by atoms with Gasteiger partial charge >= 0.3 is 0 Å². The summed E-state index contributed by atoms with van der Waals surface area (Å²) < 4.78 is 25.0. The number of ether oxygens (including phenoxy) is 2. The molecule has 1 unspecified atom stereocenters. The first-order chi connectivity index (χ1) is 16.0. The SMILES string of the molecule is CCOc1ccccc1OC1CCN(C(=O)C2=NN(c3ccc(F)cc3)C(C(N)=O)C2)CC1. The molecule has 2 aromatic carbocycles. The number of nitrogens with zero attached hydrogens (tertiary/aromatic N) is 3. The number of para-hydroxylation sites is 2. The molecule has 174 valence electrons. The van der Waals surface area contributed by atoms with E-state index >= 15 is 0 Å². The number of carbonyl (C=O) groups excluding carboxylic acids is 2. The van der Waals surface area contributed by atoms with Crippen LogP contribution in [-0.4, -0.2) is 54.3 Å². The molecule has 1 fully saturated rings. The van der Waals surface area contributed by atoms with Crippen LogP contribution >= 0.6 is 0 Å². The summed E-state index contributed by atoms with van der Waals surface area (Å²) in [6.45, 7) is 3.50. The smallest absolute Gasteiger partial charge is 0.270 e. The number of anilines is 1. The average Bonchev–Trinajstić information content (AvgIpc) is 3.27. The largest absolute Gasteiger partial charge is 0.490 e. The van der Waals surface area contributed by atoms with Crippen LogP contribution in [0.15, 0.2) is 53.6 Å². The summed E-state index contributed by atoms with van der Waals surface area (Å²) in [6, 6.07) is 12.3. The van der Waals surface area contributed by atoms with Crippen molar-refractivity contribution in [1.82, 2.24) is 4.90 Å². The lowest BCUT2D eigenvalue weighted by atomic mass is 10.0. The van der Waals surface area contributed by atoms with E-state index in [2.05, 4.69) is 5.10 Å². The fourth-order valence-corrected chi connectivity index (χ4v) is 4.05. The molecule has 2 aliphatic rings. The number of carbonyl (C=O) groups is 2. The highest BCUT2D eigenvalue weighted by Gasteiger charge is 2.37. The number of benzene rings is 2. The Balaban J connectivity index is 1.39. The van der Waals surface area contributed by atoms with Gasteiger partial charge in [-0.3, -0.25) is 14.6 Å². The van der Waals surface area contributed by atoms with Crippen molar-refractivity contribution < 1.29 is 23.5 Å². The van der Waals surface area contributed by atoms with Crippen LogP contribution in [0.3, 0.4) is 0 Å². The van der Waals surface area contributed by atoms with Crippen LogP contribution in [0.5, 0.6) is 11.5 Å². The summed E-state index contributed by atoms with van der Waals surface area (Å²) in [6.07, 6.45) is 1.42. The lowest BCUT2D eigenvalue weighted by molar-refractivity contribution is -0.125. The minimum absolute atomic E-state index is 0.0322. The van der Waals surface area contributed by atoms with Gasteiger partial charge in [0.1, 0.15) is 23.7 Å². The first-order valence-electron chi connectivity index (χ1n) is 11.1. The van der Waals surface area contributed by atoms with Crippen molar-refractivity contribution in [1.29, 1.82) is 0 Å². The maximum atomic E-state index is 13.3. The fraction of sp³-hybridized carbons (Fsp3) is 0.375. The van der Waals surface area contributed by atoms with E-state index in [0.717, 1.165) is 0 Å². The maximum absolute atomic E-state index is 13.3. The first kappa shape index (κ1) is 22.6. The molecule has 2 heterocycles. The van der Waals surface area contributed by atoms with Gasteiger partial charge in [-0.05, 0) is 43.3 Å². The molecule has 4 rings (SSSR count). The number of primary amides is 1. The summed E-state index contributed by atoms with van der Waals surface area (Å²) in [5, 5.41) is 5.77. The van der Waals surface area contributed by atoms with E-state index in [4.69, 9.17) is 15.2 Å². The van der Waals surface area contributed by atoms with Crippen LogP contribution in [0.1, 0.15) is 26.2 Å². The van der Waals surface area contributed by atoms with Crippen LogP contribution < -0.4 is 20.2 Å². The standard InChI is InChI=1S/C24H27FN4O4/c1-2-32-21-5-3-4-6-22(21)33-18-11-13-28(14-12-18)24(31)19-15-20(23(26)30)29(27-19)17-9-7-16(25)8-10-17/h3-10,18,20H,2,11-15H2,1H3,(H2,26,30). The van der Waals surface area contributed by atoms with Gasteiger partial charge in [-0.2, -0.15) is 5.10 Å². The first-order valence-corrected chi connectivity index (χ1v) is 11.1. The molecule has 0 saturated carbocycles. The van der Waals surface area contributed by atoms with E-state index in [1.54, 1.807) is 4.90 Å². The van der Waals surface area contributed by atoms with E-state index in [0.29, 0.717) is 49.7 Å². The van der Waals surface area contributed by atoms with Crippen molar-refractivity contribution in [3.8, 4) is 11.5 Å². The number of nitrogens with two attached hydrogens (primary N) is 1. The Kier molecular flexibility index (Phi) is 6.76. The lowest BCUT2D eigenvalue weighted by Crippen LogP contribution is -2.45. The van der Waals surface area contributed by atoms with Gasteiger partial charge in [0.25, 0.3) is 5.91 Å². The zero-order valence-corrected chi connectivity index (χ0v) is 18.4. The molecule has 33 heavy (non-hydrogen) atoms. The minimum atomic E-state index is -0.787. The normalized spacial score (nSPS) is 18.7. The Hall–Kier alpha value is -3.62. The number of amides is 2. The molecule has 1 saturated heterocycles. The molecule has 2 aromatic rings. The second-order valence-corrected chi connectivity index (χ2v) is 7.98. The number of hydrogen-bond donors (Lipinski definition) is 1. The zero-order chi connectivity index (χ0) is 23.4. The van der Waals surface area contributed by atoms with Gasteiger partial charge in [0.15, 0.2) is 11.5 Å². The van der Waals surface area contributed by atoms with E-state index < -0.39 is 17.8 Å². The van der Waals surface area contributed by atoms with Gasteiger partial charge in [0.2, 0.25) is 5.91 Å². The molecule has 0 radical (unpaired) electrons. The van der Waals surface area contributed by atoms with Crippen LogP contribution in [0, 0.1) is 5.82 Å². The second-order valence-electron chi connectivity index (χ2n) is 7.98. The number of piperidine rings is 1. The molecule has 9 heteroatoms. The Morgan fingerprint density at radius 2 is 1.76 bits per heavy atom. The fourth-order valence-electron chi connectivity index (χ4n) is 4.05. The monoisotopic (exact) mass is 454 g/mol. The molecule has 1 atom stereocenters. The molecule has 2 N–H and O–H groups in total. The molecular formula is C24H27FN4O4. The van der Waals surface area contributed by atoms with E-state index in [9.17, 15) is 14.0 Å².